The summed E-state index contributed by atoms with van der Waals surface area (Å²) in [6.07, 6.45) is 4.63. The standard InChI is InChI=1S/C29H26FN7O4S2/c1-2-3-14-37-26-24(27(38)35-29(37)39)33-25(34-26)20(15-18-6-4-5-7-22(18)30)17-8-10-19(11-9-17)36-43(40,41)28-21-16-32-42-23(21)12-13-31-28/h4-13,16,20,36H,2-3,14-15H2,1H3,(H,33,34)(H,35,38,39). The Hall–Kier alpha value is -4.69. The maximum absolute atomic E-state index is 14.8. The molecule has 6 aromatic rings. The maximum Gasteiger partial charge on any atom is 0.330 e. The first-order valence-corrected chi connectivity index (χ1v) is 15.8. The van der Waals surface area contributed by atoms with Crippen LogP contribution in [0.1, 0.15) is 42.6 Å². The van der Waals surface area contributed by atoms with Gasteiger partial charge in [0.15, 0.2) is 10.7 Å². The minimum atomic E-state index is -4.02. The van der Waals surface area contributed by atoms with E-state index in [4.69, 9.17) is 0 Å². The number of fused-ring (bicyclic) bond motifs is 2. The molecule has 43 heavy (non-hydrogen) atoms. The van der Waals surface area contributed by atoms with Gasteiger partial charge in [0.2, 0.25) is 0 Å². The van der Waals surface area contributed by atoms with Crippen LogP contribution < -0.4 is 16.0 Å². The topological polar surface area (TPSA) is 155 Å². The van der Waals surface area contributed by atoms with Gasteiger partial charge in [0.05, 0.1) is 16.3 Å². The largest absolute Gasteiger partial charge is 0.336 e. The summed E-state index contributed by atoms with van der Waals surface area (Å²) >= 11 is 1.18. The number of aryl methyl sites for hydroxylation is 1. The molecule has 220 valence electrons. The summed E-state index contributed by atoms with van der Waals surface area (Å²) < 4.78 is 49.9. The maximum atomic E-state index is 14.8. The van der Waals surface area contributed by atoms with Gasteiger partial charge < -0.3 is 4.98 Å². The number of nitrogens with one attached hydrogen (secondary N) is 3. The molecule has 0 aliphatic carbocycles. The number of nitrogens with zero attached hydrogens (tertiary/aromatic N) is 4. The molecule has 1 unspecified atom stereocenters. The molecule has 0 aliphatic rings. The lowest BCUT2D eigenvalue weighted by Crippen LogP contribution is -2.30. The molecular weight excluding hydrogens is 593 g/mol. The first-order valence-electron chi connectivity index (χ1n) is 13.5. The van der Waals surface area contributed by atoms with Crippen LogP contribution in [0.2, 0.25) is 0 Å². The second-order valence-electron chi connectivity index (χ2n) is 10.0. The van der Waals surface area contributed by atoms with Crippen molar-refractivity contribution in [3.63, 3.8) is 0 Å². The van der Waals surface area contributed by atoms with E-state index in [9.17, 15) is 22.4 Å². The second kappa shape index (κ2) is 11.5. The van der Waals surface area contributed by atoms with Gasteiger partial charge >= 0.3 is 5.69 Å². The molecular formula is C29H26FN7O4S2. The average Bonchev–Trinajstić information content (AvgIpc) is 3.65. The minimum absolute atomic E-state index is 0.123. The molecule has 2 aromatic carbocycles. The fourth-order valence-corrected chi connectivity index (χ4v) is 6.88. The molecule has 0 saturated carbocycles. The van der Waals surface area contributed by atoms with E-state index in [0.717, 1.165) is 6.42 Å². The molecule has 0 bridgehead atoms. The van der Waals surface area contributed by atoms with Crippen LogP contribution in [0, 0.1) is 5.82 Å². The number of halogens is 1. The highest BCUT2D eigenvalue weighted by atomic mass is 32.2. The molecule has 4 aromatic heterocycles. The number of anilines is 1. The van der Waals surface area contributed by atoms with Gasteiger partial charge in [-0.3, -0.25) is 19.1 Å². The van der Waals surface area contributed by atoms with Crippen molar-refractivity contribution in [3.8, 4) is 0 Å². The molecule has 0 saturated heterocycles. The lowest BCUT2D eigenvalue weighted by atomic mass is 9.91. The lowest BCUT2D eigenvalue weighted by Gasteiger charge is -2.17. The molecule has 0 fully saturated rings. The smallest absolute Gasteiger partial charge is 0.330 e. The van der Waals surface area contributed by atoms with Crippen molar-refractivity contribution in [2.75, 3.05) is 4.72 Å². The number of imidazole rings is 1. The molecule has 0 amide bonds. The van der Waals surface area contributed by atoms with Crippen LogP contribution in [0.25, 0.3) is 21.3 Å². The molecule has 14 heteroatoms. The summed E-state index contributed by atoms with van der Waals surface area (Å²) in [6, 6.07) is 14.7. The van der Waals surface area contributed by atoms with Crippen LogP contribution in [0.4, 0.5) is 10.1 Å². The van der Waals surface area contributed by atoms with E-state index in [-0.39, 0.29) is 22.6 Å². The van der Waals surface area contributed by atoms with E-state index in [0.29, 0.717) is 45.7 Å². The summed E-state index contributed by atoms with van der Waals surface area (Å²) in [7, 11) is -4.02. The van der Waals surface area contributed by atoms with E-state index < -0.39 is 33.0 Å². The molecule has 1 atom stereocenters. The van der Waals surface area contributed by atoms with Gasteiger partial charge in [-0.15, -0.1) is 0 Å². The van der Waals surface area contributed by atoms with Crippen LogP contribution >= 0.6 is 11.5 Å². The monoisotopic (exact) mass is 619 g/mol. The Morgan fingerprint density at radius 3 is 2.63 bits per heavy atom. The third-order valence-electron chi connectivity index (χ3n) is 7.16. The van der Waals surface area contributed by atoms with Gasteiger partial charge in [-0.1, -0.05) is 43.7 Å². The summed E-state index contributed by atoms with van der Waals surface area (Å²) in [5.74, 6) is -0.583. The zero-order valence-corrected chi connectivity index (χ0v) is 24.5. The lowest BCUT2D eigenvalue weighted by molar-refractivity contribution is 0.597. The Bertz CT molecular complexity index is 2170. The number of rotatable bonds is 10. The third-order valence-corrected chi connectivity index (χ3v) is 9.27. The number of aromatic nitrogens is 6. The quantitative estimate of drug-likeness (QED) is 0.203. The Morgan fingerprint density at radius 1 is 1.07 bits per heavy atom. The second-order valence-corrected chi connectivity index (χ2v) is 12.4. The molecule has 0 spiro atoms. The predicted octanol–water partition coefficient (Wildman–Crippen LogP) is 4.53. The van der Waals surface area contributed by atoms with E-state index in [1.54, 1.807) is 48.5 Å². The fourth-order valence-electron chi connectivity index (χ4n) is 4.98. The van der Waals surface area contributed by atoms with E-state index in [1.165, 1.54) is 34.6 Å². The van der Waals surface area contributed by atoms with Gasteiger partial charge in [-0.2, -0.15) is 12.8 Å². The normalized spacial score (nSPS) is 12.6. The fraction of sp³-hybridized carbons (Fsp3) is 0.207. The van der Waals surface area contributed by atoms with E-state index >= 15 is 0 Å². The number of benzene rings is 2. The van der Waals surface area contributed by atoms with Crippen LogP contribution in [-0.2, 0) is 23.0 Å². The predicted molar refractivity (Wildman–Crippen MR) is 162 cm³/mol. The van der Waals surface area contributed by atoms with Gasteiger partial charge in [0.1, 0.15) is 17.2 Å². The summed E-state index contributed by atoms with van der Waals surface area (Å²) in [5, 5.41) is 0.306. The van der Waals surface area contributed by atoms with Crippen molar-refractivity contribution in [1.29, 1.82) is 0 Å². The third kappa shape index (κ3) is 5.58. The summed E-state index contributed by atoms with van der Waals surface area (Å²) in [5.41, 5.74) is 0.651. The van der Waals surface area contributed by atoms with Crippen LogP contribution in [0.3, 0.4) is 0 Å². The van der Waals surface area contributed by atoms with Crippen LogP contribution in [0.15, 0.2) is 81.6 Å². The van der Waals surface area contributed by atoms with Gasteiger partial charge in [0, 0.05) is 24.3 Å². The van der Waals surface area contributed by atoms with Gasteiger partial charge in [-0.05, 0) is 59.8 Å². The molecule has 4 heterocycles. The highest BCUT2D eigenvalue weighted by Crippen LogP contribution is 2.31. The number of sulfonamides is 1. The number of unbranched alkanes of at least 4 members (excludes halogenated alkanes) is 1. The average molecular weight is 620 g/mol. The Labute approximate surface area is 248 Å². The van der Waals surface area contributed by atoms with Crippen LogP contribution in [0.5, 0.6) is 0 Å². The first kappa shape index (κ1) is 28.4. The molecule has 6 rings (SSSR count). The number of aromatic amines is 2. The molecule has 3 N–H and O–H groups in total. The van der Waals surface area contributed by atoms with Crippen molar-refractivity contribution in [3.05, 3.63) is 111 Å². The number of H-pyrrole nitrogens is 2. The zero-order chi connectivity index (χ0) is 30.1. The molecule has 0 radical (unpaired) electrons. The summed E-state index contributed by atoms with van der Waals surface area (Å²) in [6.45, 7) is 2.37. The van der Waals surface area contributed by atoms with Crippen LogP contribution in [-0.4, -0.2) is 37.3 Å². The van der Waals surface area contributed by atoms with Crippen molar-refractivity contribution in [1.82, 2.24) is 28.9 Å². The Kier molecular flexibility index (Phi) is 7.62. The minimum Gasteiger partial charge on any atom is -0.336 e. The number of pyridine rings is 1. The zero-order valence-electron chi connectivity index (χ0n) is 22.9. The van der Waals surface area contributed by atoms with Crippen molar-refractivity contribution < 1.29 is 12.8 Å². The van der Waals surface area contributed by atoms with E-state index in [2.05, 4.69) is 29.0 Å². The number of hydrogen-bond donors (Lipinski definition) is 3. The highest BCUT2D eigenvalue weighted by molar-refractivity contribution is 7.92. The van der Waals surface area contributed by atoms with Crippen molar-refractivity contribution in [2.45, 2.75) is 43.7 Å². The highest BCUT2D eigenvalue weighted by Gasteiger charge is 2.24. The molecule has 0 aliphatic heterocycles. The van der Waals surface area contributed by atoms with Crippen molar-refractivity contribution in [2.24, 2.45) is 0 Å². The molecule has 11 nitrogen and oxygen atoms in total. The SMILES string of the molecule is CCCCn1c(=O)[nH]c(=O)c2[nH]c(C(Cc3ccccc3F)c3ccc(NS(=O)(=O)c4nccc5sncc45)cc3)nc21. The van der Waals surface area contributed by atoms with E-state index in [1.807, 2.05) is 6.92 Å². The van der Waals surface area contributed by atoms with Gasteiger partial charge in [-0.25, -0.2) is 19.2 Å². The van der Waals surface area contributed by atoms with Gasteiger partial charge in [0.25, 0.3) is 15.6 Å². The first-order chi connectivity index (χ1) is 20.7. The Balaban J connectivity index is 1.39. The number of hydrogen-bond acceptors (Lipinski definition) is 8. The summed E-state index contributed by atoms with van der Waals surface area (Å²) in [4.78, 5) is 39.4. The Morgan fingerprint density at radius 2 is 1.86 bits per heavy atom. The van der Waals surface area contributed by atoms with Crippen molar-refractivity contribution >= 4 is 48.5 Å².